The van der Waals surface area contributed by atoms with Gasteiger partial charge in [-0.1, -0.05) is 0 Å². The first-order valence-corrected chi connectivity index (χ1v) is 5.33. The van der Waals surface area contributed by atoms with Crippen molar-refractivity contribution in [1.82, 2.24) is 19.9 Å². The van der Waals surface area contributed by atoms with E-state index >= 15 is 0 Å². The molecule has 4 heteroatoms. The molecule has 1 aliphatic heterocycles. The van der Waals surface area contributed by atoms with Gasteiger partial charge in [0.2, 0.25) is 0 Å². The molecule has 2 aromatic rings. The predicted octanol–water partition coefficient (Wildman–Crippen LogP) is 1.05. The van der Waals surface area contributed by atoms with Crippen LogP contribution in [0.4, 0.5) is 0 Å². The Balaban J connectivity index is 2.14. The van der Waals surface area contributed by atoms with Crippen LogP contribution in [0.25, 0.3) is 11.0 Å². The molecule has 1 N–H and O–H groups in total. The van der Waals surface area contributed by atoms with Crippen LogP contribution in [0.2, 0.25) is 0 Å². The average molecular weight is 202 g/mol. The summed E-state index contributed by atoms with van der Waals surface area (Å²) >= 11 is 0. The van der Waals surface area contributed by atoms with Crippen molar-refractivity contribution in [2.24, 2.45) is 7.05 Å². The molecule has 1 atom stereocenters. The topological polar surface area (TPSA) is 42.7 Å². The summed E-state index contributed by atoms with van der Waals surface area (Å²) in [5.41, 5.74) is 2.17. The van der Waals surface area contributed by atoms with Gasteiger partial charge in [-0.2, -0.15) is 0 Å². The molecular formula is C11H14N4. The summed E-state index contributed by atoms with van der Waals surface area (Å²) in [6.07, 6.45) is 4.87. The molecule has 4 nitrogen and oxygen atoms in total. The molecule has 1 unspecified atom stereocenters. The number of rotatable bonds is 1. The lowest BCUT2D eigenvalue weighted by atomic mass is 10.1. The predicted molar refractivity (Wildman–Crippen MR) is 58.7 cm³/mol. The summed E-state index contributed by atoms with van der Waals surface area (Å²) in [7, 11) is 2.07. The largest absolute Gasteiger partial charge is 0.330 e. The Hall–Kier alpha value is -1.42. The Labute approximate surface area is 88.3 Å². The van der Waals surface area contributed by atoms with Gasteiger partial charge >= 0.3 is 0 Å². The third-order valence-corrected chi connectivity index (χ3v) is 3.14. The highest BCUT2D eigenvalue weighted by Gasteiger charge is 2.21. The van der Waals surface area contributed by atoms with Crippen LogP contribution in [0, 0.1) is 0 Å². The fraction of sp³-hybridized carbons (Fsp3) is 0.455. The van der Waals surface area contributed by atoms with E-state index in [0.717, 1.165) is 24.1 Å². The van der Waals surface area contributed by atoms with Crippen molar-refractivity contribution in [3.63, 3.8) is 0 Å². The van der Waals surface area contributed by atoms with Gasteiger partial charge in [0.1, 0.15) is 5.82 Å². The van der Waals surface area contributed by atoms with Gasteiger partial charge in [0, 0.05) is 25.7 Å². The fourth-order valence-electron chi connectivity index (χ4n) is 2.29. The van der Waals surface area contributed by atoms with Crippen molar-refractivity contribution >= 4 is 11.0 Å². The van der Waals surface area contributed by atoms with Gasteiger partial charge in [0.05, 0.1) is 17.2 Å². The van der Waals surface area contributed by atoms with E-state index < -0.39 is 0 Å². The number of aromatic nitrogens is 3. The molecule has 15 heavy (non-hydrogen) atoms. The summed E-state index contributed by atoms with van der Waals surface area (Å²) in [5.74, 6) is 1.74. The third kappa shape index (κ3) is 1.33. The lowest BCUT2D eigenvalue weighted by molar-refractivity contribution is 0.667. The molecule has 0 aliphatic carbocycles. The smallest absolute Gasteiger partial charge is 0.114 e. The Bertz CT molecular complexity index is 482. The van der Waals surface area contributed by atoms with E-state index in [1.165, 1.54) is 12.2 Å². The average Bonchev–Trinajstić information content (AvgIpc) is 2.87. The Morgan fingerprint density at radius 2 is 2.47 bits per heavy atom. The number of nitrogens with zero attached hydrogens (tertiary/aromatic N) is 3. The molecule has 0 amide bonds. The van der Waals surface area contributed by atoms with Crippen LogP contribution in [0.1, 0.15) is 18.2 Å². The summed E-state index contributed by atoms with van der Waals surface area (Å²) in [4.78, 5) is 8.81. The van der Waals surface area contributed by atoms with Crippen LogP contribution < -0.4 is 5.32 Å². The van der Waals surface area contributed by atoms with Crippen molar-refractivity contribution in [2.75, 3.05) is 13.1 Å². The molecule has 2 aromatic heterocycles. The first-order chi connectivity index (χ1) is 7.36. The van der Waals surface area contributed by atoms with E-state index in [9.17, 15) is 0 Å². The molecule has 1 fully saturated rings. The minimum Gasteiger partial charge on any atom is -0.330 e. The van der Waals surface area contributed by atoms with Gasteiger partial charge < -0.3 is 9.88 Å². The van der Waals surface area contributed by atoms with E-state index in [4.69, 9.17) is 0 Å². The lowest BCUT2D eigenvalue weighted by Crippen LogP contribution is -2.11. The van der Waals surface area contributed by atoms with Crippen molar-refractivity contribution in [3.8, 4) is 0 Å². The second-order valence-electron chi connectivity index (χ2n) is 4.08. The second kappa shape index (κ2) is 3.31. The maximum absolute atomic E-state index is 4.68. The highest BCUT2D eigenvalue weighted by Crippen LogP contribution is 2.24. The SMILES string of the molecule is Cn1c(C2CCNC2)nc2ccncc21. The van der Waals surface area contributed by atoms with E-state index in [2.05, 4.69) is 26.9 Å². The van der Waals surface area contributed by atoms with Gasteiger partial charge in [-0.05, 0) is 19.0 Å². The number of imidazole rings is 1. The highest BCUT2D eigenvalue weighted by atomic mass is 15.1. The third-order valence-electron chi connectivity index (χ3n) is 3.14. The van der Waals surface area contributed by atoms with Crippen LogP contribution >= 0.6 is 0 Å². The van der Waals surface area contributed by atoms with Gasteiger partial charge in [-0.15, -0.1) is 0 Å². The molecule has 0 radical (unpaired) electrons. The van der Waals surface area contributed by atoms with Gasteiger partial charge in [-0.3, -0.25) is 4.98 Å². The molecule has 0 spiro atoms. The Kier molecular flexibility index (Phi) is 1.95. The molecule has 1 aliphatic rings. The van der Waals surface area contributed by atoms with Crippen molar-refractivity contribution < 1.29 is 0 Å². The van der Waals surface area contributed by atoms with Gasteiger partial charge in [-0.25, -0.2) is 4.98 Å². The number of nitrogens with one attached hydrogen (secondary N) is 1. The molecule has 1 saturated heterocycles. The van der Waals surface area contributed by atoms with E-state index in [0.29, 0.717) is 5.92 Å². The number of fused-ring (bicyclic) bond motifs is 1. The minimum absolute atomic E-state index is 0.558. The maximum Gasteiger partial charge on any atom is 0.114 e. The second-order valence-corrected chi connectivity index (χ2v) is 4.08. The van der Waals surface area contributed by atoms with Crippen molar-refractivity contribution in [1.29, 1.82) is 0 Å². The van der Waals surface area contributed by atoms with Crippen LogP contribution in [-0.2, 0) is 7.05 Å². The summed E-state index contributed by atoms with van der Waals surface area (Å²) in [6, 6.07) is 1.97. The van der Waals surface area contributed by atoms with E-state index in [1.54, 1.807) is 6.20 Å². The number of hydrogen-bond acceptors (Lipinski definition) is 3. The molecule has 0 saturated carbocycles. The number of aryl methyl sites for hydroxylation is 1. The van der Waals surface area contributed by atoms with Crippen LogP contribution in [0.3, 0.4) is 0 Å². The minimum atomic E-state index is 0.558. The van der Waals surface area contributed by atoms with Gasteiger partial charge in [0.15, 0.2) is 0 Å². The normalized spacial score (nSPS) is 21.3. The van der Waals surface area contributed by atoms with Crippen LogP contribution in [0.5, 0.6) is 0 Å². The maximum atomic E-state index is 4.68. The van der Waals surface area contributed by atoms with Gasteiger partial charge in [0.25, 0.3) is 0 Å². The standard InChI is InChI=1S/C11H14N4/c1-15-10-7-13-5-3-9(10)14-11(15)8-2-4-12-6-8/h3,5,7-8,12H,2,4,6H2,1H3. The molecule has 78 valence electrons. The lowest BCUT2D eigenvalue weighted by Gasteiger charge is -2.07. The van der Waals surface area contributed by atoms with Crippen molar-refractivity contribution in [2.45, 2.75) is 12.3 Å². The molecular weight excluding hydrogens is 188 g/mol. The van der Waals surface area contributed by atoms with Crippen LogP contribution in [-0.4, -0.2) is 27.6 Å². The first-order valence-electron chi connectivity index (χ1n) is 5.33. The van der Waals surface area contributed by atoms with E-state index in [1.807, 2.05) is 12.3 Å². The first kappa shape index (κ1) is 8.85. The zero-order valence-electron chi connectivity index (χ0n) is 8.77. The highest BCUT2D eigenvalue weighted by molar-refractivity contribution is 5.74. The number of hydrogen-bond donors (Lipinski definition) is 1. The molecule has 3 rings (SSSR count). The molecule has 3 heterocycles. The summed E-state index contributed by atoms with van der Waals surface area (Å²) in [5, 5.41) is 3.37. The quantitative estimate of drug-likeness (QED) is 0.751. The van der Waals surface area contributed by atoms with Crippen molar-refractivity contribution in [3.05, 3.63) is 24.3 Å². The molecule has 0 aromatic carbocycles. The molecule has 0 bridgehead atoms. The Morgan fingerprint density at radius 1 is 1.53 bits per heavy atom. The number of pyridine rings is 1. The zero-order chi connectivity index (χ0) is 10.3. The Morgan fingerprint density at radius 3 is 3.20 bits per heavy atom. The summed E-state index contributed by atoms with van der Waals surface area (Å²) < 4.78 is 2.17. The zero-order valence-corrected chi connectivity index (χ0v) is 8.77. The monoisotopic (exact) mass is 202 g/mol. The van der Waals surface area contributed by atoms with Crippen LogP contribution in [0.15, 0.2) is 18.5 Å². The fourth-order valence-corrected chi connectivity index (χ4v) is 2.29. The van der Waals surface area contributed by atoms with E-state index in [-0.39, 0.29) is 0 Å². The summed E-state index contributed by atoms with van der Waals surface area (Å²) in [6.45, 7) is 2.15.